The Morgan fingerprint density at radius 2 is 2.09 bits per heavy atom. The van der Waals surface area contributed by atoms with E-state index in [4.69, 9.17) is 4.74 Å². The number of hydrogen-bond acceptors (Lipinski definition) is 3. The lowest BCUT2D eigenvalue weighted by molar-refractivity contribution is 0.0959. The molecule has 0 saturated heterocycles. The first-order valence-electron chi connectivity index (χ1n) is 7.24. The van der Waals surface area contributed by atoms with Crippen molar-refractivity contribution in [2.45, 2.75) is 26.9 Å². The second-order valence-electron chi connectivity index (χ2n) is 5.71. The molecule has 5 nitrogen and oxygen atoms in total. The van der Waals surface area contributed by atoms with E-state index in [0.29, 0.717) is 18.0 Å². The van der Waals surface area contributed by atoms with Crippen molar-refractivity contribution < 1.29 is 9.53 Å². The Bertz CT molecular complexity index is 795. The molecule has 0 aliphatic carbocycles. The molecular formula is C17H18N2O3. The maximum atomic E-state index is 12.8. The van der Waals surface area contributed by atoms with Gasteiger partial charge in [0.25, 0.3) is 5.91 Å². The van der Waals surface area contributed by atoms with Crippen LogP contribution < -0.4 is 15.1 Å². The third kappa shape index (κ3) is 2.50. The fourth-order valence-corrected chi connectivity index (χ4v) is 2.63. The van der Waals surface area contributed by atoms with Crippen molar-refractivity contribution in [3.05, 3.63) is 57.5 Å². The summed E-state index contributed by atoms with van der Waals surface area (Å²) in [5, 5.41) is 0. The minimum atomic E-state index is -0.303. The normalized spacial score (nSPS) is 16.9. The largest absolute Gasteiger partial charge is 0.487 e. The van der Waals surface area contributed by atoms with E-state index >= 15 is 0 Å². The first-order chi connectivity index (χ1) is 10.5. The quantitative estimate of drug-likeness (QED) is 0.879. The van der Waals surface area contributed by atoms with Crippen molar-refractivity contribution in [1.29, 1.82) is 0 Å². The summed E-state index contributed by atoms with van der Waals surface area (Å²) in [4.78, 5) is 29.4. The summed E-state index contributed by atoms with van der Waals surface area (Å²) >= 11 is 0. The number of benzene rings is 1. The number of aryl methyl sites for hydroxylation is 2. The van der Waals surface area contributed by atoms with Crippen LogP contribution in [0.1, 0.15) is 28.5 Å². The lowest BCUT2D eigenvalue weighted by Crippen LogP contribution is -2.43. The summed E-state index contributed by atoms with van der Waals surface area (Å²) in [5.74, 6) is 0.365. The second kappa shape index (κ2) is 5.33. The fourth-order valence-electron chi connectivity index (χ4n) is 2.63. The Morgan fingerprint density at radius 3 is 2.82 bits per heavy atom. The van der Waals surface area contributed by atoms with Gasteiger partial charge in [0.2, 0.25) is 0 Å². The molecule has 0 fully saturated rings. The molecule has 1 unspecified atom stereocenters. The molecule has 3 rings (SSSR count). The zero-order valence-electron chi connectivity index (χ0n) is 12.8. The number of nitrogens with one attached hydrogen (secondary N) is 1. The molecule has 0 saturated carbocycles. The van der Waals surface area contributed by atoms with Gasteiger partial charge in [-0.15, -0.1) is 0 Å². The smallest absolute Gasteiger partial charge is 0.263 e. The summed E-state index contributed by atoms with van der Waals surface area (Å²) in [6, 6.07) is 7.15. The van der Waals surface area contributed by atoms with Gasteiger partial charge in [0.1, 0.15) is 17.4 Å². The number of fused-ring (bicyclic) bond motifs is 1. The molecule has 1 aliphatic rings. The molecule has 22 heavy (non-hydrogen) atoms. The van der Waals surface area contributed by atoms with Crippen LogP contribution in [-0.4, -0.2) is 23.5 Å². The molecule has 1 aromatic heterocycles. The Kier molecular flexibility index (Phi) is 3.48. The lowest BCUT2D eigenvalue weighted by atomic mass is 10.1. The van der Waals surface area contributed by atoms with E-state index in [9.17, 15) is 9.59 Å². The van der Waals surface area contributed by atoms with Crippen LogP contribution in [0.2, 0.25) is 0 Å². The van der Waals surface area contributed by atoms with E-state index in [1.165, 1.54) is 12.3 Å². The van der Waals surface area contributed by atoms with Gasteiger partial charge in [-0.25, -0.2) is 0 Å². The molecule has 0 spiro atoms. The SMILES string of the molecule is Cc1ccc2c(c1)N(C(=O)c1c[nH]c(C)cc1=O)CC(C)O2. The van der Waals surface area contributed by atoms with Gasteiger partial charge in [0, 0.05) is 18.0 Å². The molecular weight excluding hydrogens is 280 g/mol. The number of ether oxygens (including phenoxy) is 1. The maximum Gasteiger partial charge on any atom is 0.263 e. The predicted octanol–water partition coefficient (Wildman–Crippen LogP) is 2.42. The van der Waals surface area contributed by atoms with Gasteiger partial charge in [-0.1, -0.05) is 6.07 Å². The van der Waals surface area contributed by atoms with E-state index in [1.807, 2.05) is 32.0 Å². The molecule has 1 N–H and O–H groups in total. The number of H-pyrrole nitrogens is 1. The van der Waals surface area contributed by atoms with Crippen molar-refractivity contribution in [1.82, 2.24) is 4.98 Å². The fraction of sp³-hybridized carbons (Fsp3) is 0.294. The number of aromatic nitrogens is 1. The number of rotatable bonds is 1. The van der Waals surface area contributed by atoms with Crippen LogP contribution >= 0.6 is 0 Å². The van der Waals surface area contributed by atoms with E-state index in [1.54, 1.807) is 11.8 Å². The van der Waals surface area contributed by atoms with Gasteiger partial charge >= 0.3 is 0 Å². The lowest BCUT2D eigenvalue weighted by Gasteiger charge is -2.33. The van der Waals surface area contributed by atoms with Crippen LogP contribution in [0.5, 0.6) is 5.75 Å². The number of carbonyl (C=O) groups is 1. The van der Waals surface area contributed by atoms with Gasteiger partial charge in [0.05, 0.1) is 12.2 Å². The van der Waals surface area contributed by atoms with Crippen LogP contribution in [-0.2, 0) is 0 Å². The van der Waals surface area contributed by atoms with Crippen molar-refractivity contribution in [3.8, 4) is 5.75 Å². The standard InChI is InChI=1S/C17H18N2O3/c1-10-4-5-16-14(6-10)19(9-12(3)22-16)17(21)13-8-18-11(2)7-15(13)20/h4-8,12H,9H2,1-3H3,(H,18,20). The monoisotopic (exact) mass is 298 g/mol. The third-order valence-electron chi connectivity index (χ3n) is 3.71. The first-order valence-corrected chi connectivity index (χ1v) is 7.24. The highest BCUT2D eigenvalue weighted by molar-refractivity contribution is 6.07. The highest BCUT2D eigenvalue weighted by atomic mass is 16.5. The summed E-state index contributed by atoms with van der Waals surface area (Å²) in [6.45, 7) is 6.07. The van der Waals surface area contributed by atoms with E-state index in [0.717, 1.165) is 11.3 Å². The number of hydrogen-bond donors (Lipinski definition) is 1. The highest BCUT2D eigenvalue weighted by Gasteiger charge is 2.29. The van der Waals surface area contributed by atoms with Crippen molar-refractivity contribution in [2.24, 2.45) is 0 Å². The van der Waals surface area contributed by atoms with E-state index < -0.39 is 0 Å². The van der Waals surface area contributed by atoms with Crippen molar-refractivity contribution >= 4 is 11.6 Å². The van der Waals surface area contributed by atoms with Gasteiger partial charge in [-0.3, -0.25) is 9.59 Å². The number of aromatic amines is 1. The predicted molar refractivity (Wildman–Crippen MR) is 84.7 cm³/mol. The third-order valence-corrected chi connectivity index (χ3v) is 3.71. The topological polar surface area (TPSA) is 62.4 Å². The summed E-state index contributed by atoms with van der Waals surface area (Å²) in [7, 11) is 0. The number of amides is 1. The number of nitrogens with zero attached hydrogens (tertiary/aromatic N) is 1. The van der Waals surface area contributed by atoms with Gasteiger partial charge in [-0.05, 0) is 38.5 Å². The Balaban J connectivity index is 2.06. The maximum absolute atomic E-state index is 12.8. The molecule has 5 heteroatoms. The van der Waals surface area contributed by atoms with Crippen LogP contribution in [0.3, 0.4) is 0 Å². The van der Waals surface area contributed by atoms with Gasteiger partial charge in [-0.2, -0.15) is 0 Å². The van der Waals surface area contributed by atoms with Crippen LogP contribution in [0.4, 0.5) is 5.69 Å². The molecule has 1 aliphatic heterocycles. The van der Waals surface area contributed by atoms with Crippen LogP contribution in [0.15, 0.2) is 35.3 Å². The summed E-state index contributed by atoms with van der Waals surface area (Å²) in [6.07, 6.45) is 1.36. The average Bonchev–Trinajstić information content (AvgIpc) is 2.46. The molecule has 1 atom stereocenters. The summed E-state index contributed by atoms with van der Waals surface area (Å²) < 4.78 is 5.77. The number of carbonyl (C=O) groups excluding carboxylic acids is 1. The van der Waals surface area contributed by atoms with Crippen molar-refractivity contribution in [2.75, 3.05) is 11.4 Å². The Hall–Kier alpha value is -2.56. The second-order valence-corrected chi connectivity index (χ2v) is 5.71. The molecule has 2 aromatic rings. The van der Waals surface area contributed by atoms with E-state index in [-0.39, 0.29) is 23.0 Å². The zero-order valence-corrected chi connectivity index (χ0v) is 12.8. The number of pyridine rings is 1. The average molecular weight is 298 g/mol. The summed E-state index contributed by atoms with van der Waals surface area (Å²) in [5.41, 5.74) is 2.35. The number of anilines is 1. The van der Waals surface area contributed by atoms with Crippen molar-refractivity contribution in [3.63, 3.8) is 0 Å². The van der Waals surface area contributed by atoms with E-state index in [2.05, 4.69) is 4.98 Å². The molecule has 2 heterocycles. The molecule has 1 aromatic carbocycles. The molecule has 1 amide bonds. The van der Waals surface area contributed by atoms with Gasteiger partial charge in [0.15, 0.2) is 5.43 Å². The van der Waals surface area contributed by atoms with Crippen LogP contribution in [0, 0.1) is 13.8 Å². The molecule has 114 valence electrons. The minimum Gasteiger partial charge on any atom is -0.487 e. The van der Waals surface area contributed by atoms with Crippen LogP contribution in [0.25, 0.3) is 0 Å². The highest BCUT2D eigenvalue weighted by Crippen LogP contribution is 2.34. The molecule has 0 bridgehead atoms. The first kappa shape index (κ1) is 14.4. The minimum absolute atomic E-state index is 0.122. The molecule has 0 radical (unpaired) electrons. The zero-order chi connectivity index (χ0) is 15.9. The Morgan fingerprint density at radius 1 is 1.32 bits per heavy atom. The van der Waals surface area contributed by atoms with Gasteiger partial charge < -0.3 is 14.6 Å². The Labute approximate surface area is 128 Å².